The first-order chi connectivity index (χ1) is 9.76. The van der Waals surface area contributed by atoms with Crippen molar-refractivity contribution in [2.75, 3.05) is 24.5 Å². The van der Waals surface area contributed by atoms with Gasteiger partial charge in [0, 0.05) is 29.3 Å². The van der Waals surface area contributed by atoms with Gasteiger partial charge in [0.05, 0.1) is 11.6 Å². The van der Waals surface area contributed by atoms with Crippen molar-refractivity contribution in [3.8, 4) is 6.07 Å². The van der Waals surface area contributed by atoms with Gasteiger partial charge in [-0.3, -0.25) is 0 Å². The van der Waals surface area contributed by atoms with Gasteiger partial charge in [-0.1, -0.05) is 15.9 Å². The molecular weight excluding hydrogens is 314 g/mol. The van der Waals surface area contributed by atoms with E-state index in [9.17, 15) is 0 Å². The molecule has 20 heavy (non-hydrogen) atoms. The first-order valence-electron chi connectivity index (χ1n) is 7.45. The fraction of sp³-hybridized carbons (Fsp3) is 0.562. The van der Waals surface area contributed by atoms with Crippen LogP contribution in [0.1, 0.15) is 31.2 Å². The van der Waals surface area contributed by atoms with Crippen molar-refractivity contribution in [1.29, 1.82) is 5.26 Å². The summed E-state index contributed by atoms with van der Waals surface area (Å²) in [6.45, 7) is 3.39. The minimum atomic E-state index is 0.695. The lowest BCUT2D eigenvalue weighted by Gasteiger charge is -2.37. The molecule has 2 aliphatic heterocycles. The summed E-state index contributed by atoms with van der Waals surface area (Å²) in [5, 5.41) is 12.8. The molecule has 4 heteroatoms. The molecule has 0 bridgehead atoms. The molecule has 3 rings (SSSR count). The van der Waals surface area contributed by atoms with Gasteiger partial charge in [-0.25, -0.2) is 0 Å². The van der Waals surface area contributed by atoms with Crippen LogP contribution in [0.5, 0.6) is 0 Å². The van der Waals surface area contributed by atoms with Gasteiger partial charge >= 0.3 is 0 Å². The lowest BCUT2D eigenvalue weighted by atomic mass is 9.89. The quantitative estimate of drug-likeness (QED) is 0.902. The van der Waals surface area contributed by atoms with E-state index >= 15 is 0 Å². The Morgan fingerprint density at radius 1 is 1.25 bits per heavy atom. The van der Waals surface area contributed by atoms with Gasteiger partial charge in [0.2, 0.25) is 0 Å². The van der Waals surface area contributed by atoms with Crippen LogP contribution in [0, 0.1) is 17.2 Å². The number of nitriles is 1. The zero-order chi connectivity index (χ0) is 13.9. The molecule has 0 saturated carbocycles. The van der Waals surface area contributed by atoms with Crippen LogP contribution in [0.2, 0.25) is 0 Å². The van der Waals surface area contributed by atoms with Crippen molar-refractivity contribution < 1.29 is 0 Å². The van der Waals surface area contributed by atoms with Crippen molar-refractivity contribution in [2.24, 2.45) is 5.92 Å². The number of hydrogen-bond acceptors (Lipinski definition) is 3. The molecular formula is C16H20BrN3. The minimum absolute atomic E-state index is 0.695. The second kappa shape index (κ2) is 6.15. The third-order valence-corrected chi connectivity index (χ3v) is 4.96. The molecule has 2 saturated heterocycles. The number of benzene rings is 1. The first-order valence-corrected chi connectivity index (χ1v) is 8.24. The summed E-state index contributed by atoms with van der Waals surface area (Å²) in [7, 11) is 0. The van der Waals surface area contributed by atoms with Crippen LogP contribution in [-0.4, -0.2) is 25.7 Å². The Labute approximate surface area is 129 Å². The molecule has 0 spiro atoms. The summed E-state index contributed by atoms with van der Waals surface area (Å²) in [5.41, 5.74) is 1.91. The predicted molar refractivity (Wildman–Crippen MR) is 84.8 cm³/mol. The Balaban J connectivity index is 1.76. The number of anilines is 1. The second-order valence-corrected chi connectivity index (χ2v) is 6.78. The molecule has 106 valence electrons. The van der Waals surface area contributed by atoms with Crippen LogP contribution < -0.4 is 10.2 Å². The molecule has 2 fully saturated rings. The van der Waals surface area contributed by atoms with Gasteiger partial charge in [0.25, 0.3) is 0 Å². The van der Waals surface area contributed by atoms with Crippen molar-refractivity contribution in [3.63, 3.8) is 0 Å². The van der Waals surface area contributed by atoms with Crippen molar-refractivity contribution in [1.82, 2.24) is 5.32 Å². The Morgan fingerprint density at radius 2 is 2.15 bits per heavy atom. The van der Waals surface area contributed by atoms with Gasteiger partial charge < -0.3 is 10.2 Å². The molecule has 0 aromatic heterocycles. The monoisotopic (exact) mass is 333 g/mol. The van der Waals surface area contributed by atoms with Crippen LogP contribution in [-0.2, 0) is 0 Å². The average Bonchev–Trinajstić information content (AvgIpc) is 3.01. The molecule has 2 heterocycles. The van der Waals surface area contributed by atoms with Crippen molar-refractivity contribution >= 4 is 21.6 Å². The Kier molecular flexibility index (Phi) is 4.28. The summed E-state index contributed by atoms with van der Waals surface area (Å²) >= 11 is 3.51. The van der Waals surface area contributed by atoms with E-state index in [1.54, 1.807) is 0 Å². The fourth-order valence-electron chi connectivity index (χ4n) is 3.51. The highest BCUT2D eigenvalue weighted by Gasteiger charge is 2.29. The van der Waals surface area contributed by atoms with Crippen LogP contribution in [0.4, 0.5) is 5.69 Å². The topological polar surface area (TPSA) is 39.1 Å². The van der Waals surface area contributed by atoms with E-state index in [1.807, 2.05) is 12.1 Å². The Morgan fingerprint density at radius 3 is 2.90 bits per heavy atom. The second-order valence-electron chi connectivity index (χ2n) is 5.86. The van der Waals surface area contributed by atoms with Gasteiger partial charge in [0.15, 0.2) is 0 Å². The molecule has 3 nitrogen and oxygen atoms in total. The van der Waals surface area contributed by atoms with Crippen molar-refractivity contribution in [2.45, 2.75) is 31.7 Å². The SMILES string of the molecule is N#Cc1cc(Br)cc(N2CCCC(C3CCCN3)C2)c1. The number of nitrogens with zero attached hydrogens (tertiary/aromatic N) is 2. The van der Waals surface area contributed by atoms with E-state index < -0.39 is 0 Å². The van der Waals surface area contributed by atoms with E-state index in [0.29, 0.717) is 6.04 Å². The molecule has 0 amide bonds. The summed E-state index contributed by atoms with van der Waals surface area (Å²) in [4.78, 5) is 2.44. The number of piperidine rings is 1. The Hall–Kier alpha value is -1.05. The van der Waals surface area contributed by atoms with Gasteiger partial charge in [-0.15, -0.1) is 0 Å². The van der Waals surface area contributed by atoms with Gasteiger partial charge in [0.1, 0.15) is 0 Å². The maximum Gasteiger partial charge on any atom is 0.0992 e. The van der Waals surface area contributed by atoms with E-state index in [-0.39, 0.29) is 0 Å². The highest BCUT2D eigenvalue weighted by atomic mass is 79.9. The van der Waals surface area contributed by atoms with E-state index in [1.165, 1.54) is 37.9 Å². The standard InChI is InChI=1S/C16H20BrN3/c17-14-7-12(10-18)8-15(9-14)20-6-2-3-13(11-20)16-4-1-5-19-16/h7-9,13,16,19H,1-6,11H2. The number of hydrogen-bond donors (Lipinski definition) is 1. The summed E-state index contributed by atoms with van der Waals surface area (Å²) in [5.74, 6) is 0.746. The lowest BCUT2D eigenvalue weighted by molar-refractivity contribution is 0.329. The highest BCUT2D eigenvalue weighted by Crippen LogP contribution is 2.30. The summed E-state index contributed by atoms with van der Waals surface area (Å²) in [6.07, 6.45) is 5.21. The van der Waals surface area contributed by atoms with Gasteiger partial charge in [-0.05, 0) is 56.3 Å². The molecule has 0 aliphatic carbocycles. The summed E-state index contributed by atoms with van der Waals surface area (Å²) in [6, 6.07) is 8.96. The largest absolute Gasteiger partial charge is 0.371 e. The predicted octanol–water partition coefficient (Wildman–Crippen LogP) is 3.29. The maximum atomic E-state index is 9.11. The lowest BCUT2D eigenvalue weighted by Crippen LogP contribution is -2.43. The van der Waals surface area contributed by atoms with Crippen LogP contribution in [0.25, 0.3) is 0 Å². The molecule has 1 N–H and O–H groups in total. The number of nitrogens with one attached hydrogen (secondary N) is 1. The van der Waals surface area contributed by atoms with E-state index in [2.05, 4.69) is 38.3 Å². The third-order valence-electron chi connectivity index (χ3n) is 4.50. The van der Waals surface area contributed by atoms with Crippen LogP contribution in [0.3, 0.4) is 0 Å². The van der Waals surface area contributed by atoms with E-state index in [0.717, 1.165) is 29.0 Å². The smallest absolute Gasteiger partial charge is 0.0992 e. The minimum Gasteiger partial charge on any atom is -0.371 e. The number of halogens is 1. The molecule has 2 unspecified atom stereocenters. The highest BCUT2D eigenvalue weighted by molar-refractivity contribution is 9.10. The fourth-order valence-corrected chi connectivity index (χ4v) is 3.99. The molecule has 2 aliphatic rings. The molecule has 1 aromatic carbocycles. The zero-order valence-corrected chi connectivity index (χ0v) is 13.2. The average molecular weight is 334 g/mol. The molecule has 2 atom stereocenters. The maximum absolute atomic E-state index is 9.11. The van der Waals surface area contributed by atoms with Crippen molar-refractivity contribution in [3.05, 3.63) is 28.2 Å². The molecule has 0 radical (unpaired) electrons. The normalized spacial score (nSPS) is 26.5. The molecule has 1 aromatic rings. The van der Waals surface area contributed by atoms with E-state index in [4.69, 9.17) is 5.26 Å². The summed E-state index contributed by atoms with van der Waals surface area (Å²) < 4.78 is 0.993. The van der Waals surface area contributed by atoms with Gasteiger partial charge in [-0.2, -0.15) is 5.26 Å². The van der Waals surface area contributed by atoms with Crippen LogP contribution in [0.15, 0.2) is 22.7 Å². The Bertz CT molecular complexity index is 517. The first kappa shape index (κ1) is 13.9. The third kappa shape index (κ3) is 2.99. The van der Waals surface area contributed by atoms with Crippen LogP contribution >= 0.6 is 15.9 Å². The zero-order valence-electron chi connectivity index (χ0n) is 11.6. The number of rotatable bonds is 2.